The number of halogens is 1. The molecule has 0 aliphatic carbocycles. The summed E-state index contributed by atoms with van der Waals surface area (Å²) in [5.74, 6) is 0.790. The van der Waals surface area contributed by atoms with E-state index in [1.807, 2.05) is 36.4 Å². The van der Waals surface area contributed by atoms with Gasteiger partial charge in [-0.1, -0.05) is 29.4 Å². The van der Waals surface area contributed by atoms with E-state index in [4.69, 9.17) is 21.4 Å². The fourth-order valence-electron chi connectivity index (χ4n) is 1.97. The van der Waals surface area contributed by atoms with Crippen LogP contribution in [0.4, 0.5) is 0 Å². The number of hydrogen-bond acceptors (Lipinski definition) is 4. The molecule has 1 heterocycles. The predicted molar refractivity (Wildman–Crippen MR) is 84.1 cm³/mol. The van der Waals surface area contributed by atoms with Gasteiger partial charge in [-0.25, -0.2) is 4.98 Å². The van der Waals surface area contributed by atoms with Gasteiger partial charge < -0.3 is 14.8 Å². The van der Waals surface area contributed by atoms with Crippen molar-refractivity contribution >= 4 is 34.4 Å². The lowest BCUT2D eigenvalue weighted by molar-refractivity contribution is 0.282. The van der Waals surface area contributed by atoms with Crippen molar-refractivity contribution in [3.05, 3.63) is 47.0 Å². The number of fused-ring (bicyclic) bond motifs is 1. The van der Waals surface area contributed by atoms with Gasteiger partial charge >= 0.3 is 0 Å². The Kier molecular flexibility index (Phi) is 4.05. The molecule has 0 spiro atoms. The van der Waals surface area contributed by atoms with Crippen molar-refractivity contribution < 1.29 is 9.84 Å². The van der Waals surface area contributed by atoms with E-state index < -0.39 is 0 Å². The molecule has 0 bridgehead atoms. The van der Waals surface area contributed by atoms with Crippen LogP contribution < -0.4 is 4.74 Å². The van der Waals surface area contributed by atoms with Crippen LogP contribution in [0.2, 0.25) is 5.02 Å². The van der Waals surface area contributed by atoms with Crippen LogP contribution in [0.25, 0.3) is 11.0 Å². The summed E-state index contributed by atoms with van der Waals surface area (Å²) >= 11 is 7.58. The third kappa shape index (κ3) is 3.00. The summed E-state index contributed by atoms with van der Waals surface area (Å²) in [4.78, 5) is 8.72. The summed E-state index contributed by atoms with van der Waals surface area (Å²) < 4.78 is 5.20. The van der Waals surface area contributed by atoms with Crippen LogP contribution in [0.15, 0.2) is 46.5 Å². The molecule has 108 valence electrons. The van der Waals surface area contributed by atoms with Crippen LogP contribution in [0.5, 0.6) is 5.75 Å². The Bertz CT molecular complexity index is 788. The Labute approximate surface area is 131 Å². The van der Waals surface area contributed by atoms with Crippen molar-refractivity contribution in [3.8, 4) is 5.75 Å². The standard InChI is InChI=1S/C15H13ClN2O2S/c1-20-10-3-5-13-14(6-10)18-15(17-13)21-11-4-2-9(8-19)12(16)7-11/h2-7,19H,8H2,1H3,(H,17,18). The van der Waals surface area contributed by atoms with Crippen LogP contribution in [0.3, 0.4) is 0 Å². The first-order valence-corrected chi connectivity index (χ1v) is 7.50. The van der Waals surface area contributed by atoms with Gasteiger partial charge in [-0.15, -0.1) is 0 Å². The van der Waals surface area contributed by atoms with Crippen molar-refractivity contribution in [2.24, 2.45) is 0 Å². The van der Waals surface area contributed by atoms with Gasteiger partial charge in [0.1, 0.15) is 5.75 Å². The van der Waals surface area contributed by atoms with Gasteiger partial charge in [0.05, 0.1) is 24.8 Å². The van der Waals surface area contributed by atoms with Crippen molar-refractivity contribution in [1.82, 2.24) is 9.97 Å². The zero-order chi connectivity index (χ0) is 14.8. The lowest BCUT2D eigenvalue weighted by atomic mass is 10.2. The fraction of sp³-hybridized carbons (Fsp3) is 0.133. The minimum atomic E-state index is -0.0613. The van der Waals surface area contributed by atoms with Gasteiger partial charge in [-0.2, -0.15) is 0 Å². The first-order chi connectivity index (χ1) is 10.2. The van der Waals surface area contributed by atoms with Gasteiger partial charge in [0, 0.05) is 16.0 Å². The van der Waals surface area contributed by atoms with Crippen molar-refractivity contribution in [3.63, 3.8) is 0 Å². The highest BCUT2D eigenvalue weighted by molar-refractivity contribution is 7.99. The van der Waals surface area contributed by atoms with Crippen molar-refractivity contribution in [2.75, 3.05) is 7.11 Å². The Hall–Kier alpha value is -1.69. The molecule has 0 radical (unpaired) electrons. The summed E-state index contributed by atoms with van der Waals surface area (Å²) in [5, 5.41) is 10.5. The summed E-state index contributed by atoms with van der Waals surface area (Å²) in [6.45, 7) is -0.0613. The van der Waals surface area contributed by atoms with Gasteiger partial charge in [-0.05, 0) is 29.8 Å². The number of nitrogens with one attached hydrogen (secondary N) is 1. The van der Waals surface area contributed by atoms with Crippen molar-refractivity contribution in [1.29, 1.82) is 0 Å². The molecule has 21 heavy (non-hydrogen) atoms. The quantitative estimate of drug-likeness (QED) is 0.766. The van der Waals surface area contributed by atoms with Gasteiger partial charge in [-0.3, -0.25) is 0 Å². The Morgan fingerprint density at radius 1 is 1.29 bits per heavy atom. The molecular weight excluding hydrogens is 308 g/mol. The molecule has 0 aliphatic rings. The molecule has 0 unspecified atom stereocenters. The van der Waals surface area contributed by atoms with Crippen LogP contribution in [0.1, 0.15) is 5.56 Å². The third-order valence-corrected chi connectivity index (χ3v) is 4.30. The van der Waals surface area contributed by atoms with Crippen LogP contribution in [-0.2, 0) is 6.61 Å². The maximum Gasteiger partial charge on any atom is 0.171 e. The third-order valence-electron chi connectivity index (χ3n) is 3.08. The lowest BCUT2D eigenvalue weighted by Gasteiger charge is -2.03. The second-order valence-corrected chi connectivity index (χ2v) is 5.91. The summed E-state index contributed by atoms with van der Waals surface area (Å²) in [5.41, 5.74) is 2.53. The number of benzene rings is 2. The first kappa shape index (κ1) is 14.3. The van der Waals surface area contributed by atoms with E-state index in [0.29, 0.717) is 5.02 Å². The zero-order valence-electron chi connectivity index (χ0n) is 11.3. The van der Waals surface area contributed by atoms with Crippen LogP contribution >= 0.6 is 23.4 Å². The average molecular weight is 321 g/mol. The Morgan fingerprint density at radius 2 is 2.14 bits per heavy atom. The number of aromatic amines is 1. The van der Waals surface area contributed by atoms with Gasteiger partial charge in [0.2, 0.25) is 0 Å². The highest BCUT2D eigenvalue weighted by Crippen LogP contribution is 2.31. The monoisotopic (exact) mass is 320 g/mol. The Morgan fingerprint density at radius 3 is 2.86 bits per heavy atom. The molecule has 3 aromatic rings. The molecule has 0 saturated carbocycles. The lowest BCUT2D eigenvalue weighted by Crippen LogP contribution is -1.85. The second kappa shape index (κ2) is 5.97. The molecule has 3 rings (SSSR count). The molecule has 4 nitrogen and oxygen atoms in total. The number of aliphatic hydroxyl groups excluding tert-OH is 1. The van der Waals surface area contributed by atoms with Crippen molar-refractivity contribution in [2.45, 2.75) is 16.7 Å². The van der Waals surface area contributed by atoms with Crippen LogP contribution in [-0.4, -0.2) is 22.2 Å². The number of methoxy groups -OCH3 is 1. The number of ether oxygens (including phenoxy) is 1. The number of aliphatic hydroxyl groups is 1. The van der Waals surface area contributed by atoms with E-state index in [2.05, 4.69) is 9.97 Å². The summed E-state index contributed by atoms with van der Waals surface area (Å²) in [6.07, 6.45) is 0. The highest BCUT2D eigenvalue weighted by Gasteiger charge is 2.07. The van der Waals surface area contributed by atoms with Crippen LogP contribution in [0, 0.1) is 0 Å². The summed E-state index contributed by atoms with van der Waals surface area (Å²) in [7, 11) is 1.64. The summed E-state index contributed by atoms with van der Waals surface area (Å²) in [6, 6.07) is 11.3. The van der Waals surface area contributed by atoms with E-state index in [1.54, 1.807) is 7.11 Å². The highest BCUT2D eigenvalue weighted by atomic mass is 35.5. The molecule has 0 fully saturated rings. The fourth-order valence-corrected chi connectivity index (χ4v) is 3.12. The zero-order valence-corrected chi connectivity index (χ0v) is 12.8. The first-order valence-electron chi connectivity index (χ1n) is 6.30. The number of hydrogen-bond donors (Lipinski definition) is 2. The predicted octanol–water partition coefficient (Wildman–Crippen LogP) is 3.87. The molecule has 6 heteroatoms. The molecule has 0 amide bonds. The van der Waals surface area contributed by atoms with Gasteiger partial charge in [0.15, 0.2) is 5.16 Å². The minimum absolute atomic E-state index is 0.0613. The topological polar surface area (TPSA) is 58.1 Å². The number of rotatable bonds is 4. The molecule has 0 atom stereocenters. The molecular formula is C15H13ClN2O2S. The minimum Gasteiger partial charge on any atom is -0.497 e. The molecule has 1 aromatic heterocycles. The number of nitrogens with zero attached hydrogens (tertiary/aromatic N) is 1. The largest absolute Gasteiger partial charge is 0.497 e. The number of H-pyrrole nitrogens is 1. The molecule has 0 aliphatic heterocycles. The van der Waals surface area contributed by atoms with E-state index in [1.165, 1.54) is 11.8 Å². The number of imidazole rings is 1. The van der Waals surface area contributed by atoms with Gasteiger partial charge in [0.25, 0.3) is 0 Å². The van der Waals surface area contributed by atoms with E-state index in [-0.39, 0.29) is 6.61 Å². The molecule has 0 saturated heterocycles. The SMILES string of the molecule is COc1ccc2nc(Sc3ccc(CO)c(Cl)c3)[nH]c2c1. The maximum atomic E-state index is 9.12. The number of aromatic nitrogens is 2. The second-order valence-electron chi connectivity index (χ2n) is 4.44. The smallest absolute Gasteiger partial charge is 0.171 e. The van der Waals surface area contributed by atoms with E-state index in [0.717, 1.165) is 32.4 Å². The average Bonchev–Trinajstić information content (AvgIpc) is 2.88. The Balaban J connectivity index is 1.89. The molecule has 2 N–H and O–H groups in total. The van der Waals surface area contributed by atoms with E-state index >= 15 is 0 Å². The molecule has 2 aromatic carbocycles. The normalized spacial score (nSPS) is 11.0. The van der Waals surface area contributed by atoms with E-state index in [9.17, 15) is 0 Å². The maximum absolute atomic E-state index is 9.12.